The maximum Gasteiger partial charge on any atom is 0.141 e. The molecule has 0 saturated heterocycles. The van der Waals surface area contributed by atoms with Crippen LogP contribution in [0.4, 0.5) is 4.39 Å². The topological polar surface area (TPSA) is 26.0 Å². The summed E-state index contributed by atoms with van der Waals surface area (Å²) in [6.07, 6.45) is 0. The van der Waals surface area contributed by atoms with E-state index in [2.05, 4.69) is 0 Å². The summed E-state index contributed by atoms with van der Waals surface area (Å²) in [6.45, 7) is 6.11. The molecule has 1 aromatic rings. The minimum absolute atomic E-state index is 0.0544. The molecule has 0 radical (unpaired) electrons. The lowest BCUT2D eigenvalue weighted by molar-refractivity contribution is 0.327. The van der Waals surface area contributed by atoms with Crippen molar-refractivity contribution < 1.29 is 4.39 Å². The third kappa shape index (κ3) is 2.46. The van der Waals surface area contributed by atoms with Crippen LogP contribution in [-0.2, 0) is 0 Å². The van der Waals surface area contributed by atoms with Gasteiger partial charge in [0.2, 0.25) is 0 Å². The fraction of sp³-hybridized carbons (Fsp3) is 0.455. The summed E-state index contributed by atoms with van der Waals surface area (Å²) in [4.78, 5) is 0. The van der Waals surface area contributed by atoms with Gasteiger partial charge in [0, 0.05) is 6.04 Å². The molecule has 0 heterocycles. The van der Waals surface area contributed by atoms with Crippen LogP contribution in [0, 0.1) is 11.2 Å². The molecule has 1 unspecified atom stereocenters. The summed E-state index contributed by atoms with van der Waals surface area (Å²) in [5.41, 5.74) is 6.82. The molecule has 0 bridgehead atoms. The Morgan fingerprint density at radius 3 is 2.36 bits per heavy atom. The summed E-state index contributed by atoms with van der Waals surface area (Å²) < 4.78 is 12.9. The van der Waals surface area contributed by atoms with E-state index in [9.17, 15) is 4.39 Å². The van der Waals surface area contributed by atoms with Crippen molar-refractivity contribution in [2.45, 2.75) is 26.8 Å². The Balaban J connectivity index is 3.03. The molecule has 0 aliphatic rings. The maximum atomic E-state index is 12.9. The third-order valence-electron chi connectivity index (χ3n) is 2.24. The zero-order valence-corrected chi connectivity index (χ0v) is 9.40. The number of hydrogen-bond donors (Lipinski definition) is 1. The van der Waals surface area contributed by atoms with Crippen LogP contribution in [0.3, 0.4) is 0 Å². The second-order valence-electron chi connectivity index (χ2n) is 4.52. The van der Waals surface area contributed by atoms with E-state index in [0.717, 1.165) is 5.56 Å². The van der Waals surface area contributed by atoms with Crippen LogP contribution in [0.5, 0.6) is 0 Å². The minimum atomic E-state index is -0.406. The van der Waals surface area contributed by atoms with Gasteiger partial charge in [-0.15, -0.1) is 0 Å². The van der Waals surface area contributed by atoms with E-state index in [0.29, 0.717) is 0 Å². The maximum absolute atomic E-state index is 12.9. The van der Waals surface area contributed by atoms with Gasteiger partial charge in [-0.25, -0.2) is 4.39 Å². The van der Waals surface area contributed by atoms with Crippen LogP contribution >= 0.6 is 11.6 Å². The molecule has 3 heteroatoms. The Kier molecular flexibility index (Phi) is 3.17. The van der Waals surface area contributed by atoms with Gasteiger partial charge >= 0.3 is 0 Å². The predicted molar refractivity (Wildman–Crippen MR) is 57.8 cm³/mol. The van der Waals surface area contributed by atoms with E-state index >= 15 is 0 Å². The van der Waals surface area contributed by atoms with Gasteiger partial charge in [0.25, 0.3) is 0 Å². The quantitative estimate of drug-likeness (QED) is 0.762. The van der Waals surface area contributed by atoms with Gasteiger partial charge < -0.3 is 5.73 Å². The summed E-state index contributed by atoms with van der Waals surface area (Å²) in [5.74, 6) is -0.406. The second kappa shape index (κ2) is 3.87. The molecule has 0 aliphatic heterocycles. The fourth-order valence-corrected chi connectivity index (χ4v) is 1.39. The van der Waals surface area contributed by atoms with E-state index in [1.54, 1.807) is 12.1 Å². The van der Waals surface area contributed by atoms with E-state index in [-0.39, 0.29) is 16.5 Å². The number of hydrogen-bond acceptors (Lipinski definition) is 1. The van der Waals surface area contributed by atoms with E-state index in [1.807, 2.05) is 20.8 Å². The molecule has 78 valence electrons. The van der Waals surface area contributed by atoms with Crippen LogP contribution in [0.25, 0.3) is 0 Å². The zero-order chi connectivity index (χ0) is 10.9. The van der Waals surface area contributed by atoms with Gasteiger partial charge in [-0.3, -0.25) is 0 Å². The van der Waals surface area contributed by atoms with Crippen molar-refractivity contribution in [3.05, 3.63) is 34.6 Å². The molecule has 0 aliphatic carbocycles. The van der Waals surface area contributed by atoms with Crippen LogP contribution < -0.4 is 5.73 Å². The van der Waals surface area contributed by atoms with Gasteiger partial charge in [0.05, 0.1) is 5.02 Å². The van der Waals surface area contributed by atoms with E-state index in [1.165, 1.54) is 6.07 Å². The summed E-state index contributed by atoms with van der Waals surface area (Å²) >= 11 is 5.68. The molecule has 0 aromatic heterocycles. The lowest BCUT2D eigenvalue weighted by Gasteiger charge is -2.27. The first-order valence-electron chi connectivity index (χ1n) is 4.53. The first-order chi connectivity index (χ1) is 6.32. The van der Waals surface area contributed by atoms with Gasteiger partial charge in [0.15, 0.2) is 0 Å². The Hall–Kier alpha value is -0.600. The molecular formula is C11H15ClFN. The van der Waals surface area contributed by atoms with Crippen LogP contribution in [-0.4, -0.2) is 0 Å². The summed E-state index contributed by atoms with van der Waals surface area (Å²) in [7, 11) is 0. The van der Waals surface area contributed by atoms with Crippen LogP contribution in [0.1, 0.15) is 32.4 Å². The smallest absolute Gasteiger partial charge is 0.141 e. The number of benzene rings is 1. The molecule has 14 heavy (non-hydrogen) atoms. The summed E-state index contributed by atoms with van der Waals surface area (Å²) in [6, 6.07) is 4.48. The SMILES string of the molecule is CC(C)(C)C(N)c1ccc(F)c(Cl)c1. The number of nitrogens with two attached hydrogens (primary N) is 1. The summed E-state index contributed by atoms with van der Waals surface area (Å²) in [5, 5.41) is 0.127. The highest BCUT2D eigenvalue weighted by Crippen LogP contribution is 2.31. The highest BCUT2D eigenvalue weighted by atomic mass is 35.5. The zero-order valence-electron chi connectivity index (χ0n) is 8.64. The number of halogens is 2. The van der Waals surface area contributed by atoms with Crippen LogP contribution in [0.2, 0.25) is 5.02 Å². The molecule has 0 spiro atoms. The Morgan fingerprint density at radius 1 is 1.36 bits per heavy atom. The molecule has 0 amide bonds. The number of rotatable bonds is 1. The molecular weight excluding hydrogens is 201 g/mol. The largest absolute Gasteiger partial charge is 0.324 e. The van der Waals surface area contributed by atoms with Gasteiger partial charge in [-0.05, 0) is 23.1 Å². The van der Waals surface area contributed by atoms with Crippen molar-refractivity contribution in [2.75, 3.05) is 0 Å². The van der Waals surface area contributed by atoms with E-state index in [4.69, 9.17) is 17.3 Å². The first-order valence-corrected chi connectivity index (χ1v) is 4.90. The standard InChI is InChI=1S/C11H15ClFN/c1-11(2,3)10(14)7-4-5-9(13)8(12)6-7/h4-6,10H,14H2,1-3H3. The highest BCUT2D eigenvalue weighted by Gasteiger charge is 2.22. The lowest BCUT2D eigenvalue weighted by Crippen LogP contribution is -2.26. The van der Waals surface area contributed by atoms with Crippen LogP contribution in [0.15, 0.2) is 18.2 Å². The average Bonchev–Trinajstić information content (AvgIpc) is 2.07. The Labute approximate surface area is 89.1 Å². The van der Waals surface area contributed by atoms with Gasteiger partial charge in [-0.1, -0.05) is 38.4 Å². The average molecular weight is 216 g/mol. The molecule has 0 saturated carbocycles. The Morgan fingerprint density at radius 2 is 1.93 bits per heavy atom. The van der Waals surface area contributed by atoms with Gasteiger partial charge in [0.1, 0.15) is 5.82 Å². The Bertz CT molecular complexity index is 331. The lowest BCUT2D eigenvalue weighted by atomic mass is 9.83. The molecule has 2 N–H and O–H groups in total. The molecule has 1 atom stereocenters. The third-order valence-corrected chi connectivity index (χ3v) is 2.53. The first kappa shape index (κ1) is 11.5. The van der Waals surface area contributed by atoms with Crippen molar-refractivity contribution in [2.24, 2.45) is 11.1 Å². The molecule has 1 rings (SSSR count). The van der Waals surface area contributed by atoms with Crippen molar-refractivity contribution in [1.82, 2.24) is 0 Å². The second-order valence-corrected chi connectivity index (χ2v) is 4.92. The van der Waals surface area contributed by atoms with Crippen molar-refractivity contribution in [1.29, 1.82) is 0 Å². The molecule has 1 nitrogen and oxygen atoms in total. The highest BCUT2D eigenvalue weighted by molar-refractivity contribution is 6.30. The predicted octanol–water partition coefficient (Wildman–Crippen LogP) is 3.53. The van der Waals surface area contributed by atoms with Crippen molar-refractivity contribution >= 4 is 11.6 Å². The fourth-order valence-electron chi connectivity index (χ4n) is 1.21. The normalized spacial score (nSPS) is 14.1. The minimum Gasteiger partial charge on any atom is -0.324 e. The monoisotopic (exact) mass is 215 g/mol. The van der Waals surface area contributed by atoms with Crippen molar-refractivity contribution in [3.8, 4) is 0 Å². The molecule has 0 fully saturated rings. The molecule has 1 aromatic carbocycles. The van der Waals surface area contributed by atoms with E-state index < -0.39 is 5.82 Å². The van der Waals surface area contributed by atoms with Crippen molar-refractivity contribution in [3.63, 3.8) is 0 Å². The van der Waals surface area contributed by atoms with Gasteiger partial charge in [-0.2, -0.15) is 0 Å².